The number of nitrogens with zero attached hydrogens (tertiary/aromatic N) is 1. The summed E-state index contributed by atoms with van der Waals surface area (Å²) in [5.41, 5.74) is 6.92. The van der Waals surface area contributed by atoms with E-state index in [4.69, 9.17) is 10.5 Å². The van der Waals surface area contributed by atoms with Gasteiger partial charge in [-0.15, -0.1) is 0 Å². The Kier molecular flexibility index (Phi) is 4.76. The second-order valence-electron chi connectivity index (χ2n) is 4.77. The molecule has 1 aromatic rings. The van der Waals surface area contributed by atoms with Gasteiger partial charge in [0.2, 0.25) is 5.91 Å². The molecule has 1 amide bonds. The van der Waals surface area contributed by atoms with Crippen molar-refractivity contribution in [3.8, 4) is 5.75 Å². The summed E-state index contributed by atoms with van der Waals surface area (Å²) in [5, 5.41) is 9.21. The summed E-state index contributed by atoms with van der Waals surface area (Å²) in [6, 6.07) is 6.24. The Labute approximate surface area is 113 Å². The molecule has 19 heavy (non-hydrogen) atoms. The third-order valence-corrected chi connectivity index (χ3v) is 3.24. The van der Waals surface area contributed by atoms with Crippen LogP contribution in [0.2, 0.25) is 0 Å². The topological polar surface area (TPSA) is 75.8 Å². The SMILES string of the molecule is N[C@H](Cc1ccc(O)cc1)C(=O)N1CCCOCC1. The molecule has 1 aromatic carbocycles. The molecular weight excluding hydrogens is 244 g/mol. The van der Waals surface area contributed by atoms with Crippen LogP contribution in [0.4, 0.5) is 0 Å². The minimum Gasteiger partial charge on any atom is -0.508 e. The largest absolute Gasteiger partial charge is 0.508 e. The lowest BCUT2D eigenvalue weighted by Crippen LogP contribution is -2.45. The summed E-state index contributed by atoms with van der Waals surface area (Å²) in [6.07, 6.45) is 1.34. The van der Waals surface area contributed by atoms with Gasteiger partial charge in [0, 0.05) is 19.7 Å². The van der Waals surface area contributed by atoms with Crippen molar-refractivity contribution in [2.75, 3.05) is 26.3 Å². The van der Waals surface area contributed by atoms with Gasteiger partial charge in [-0.05, 0) is 30.5 Å². The Hall–Kier alpha value is -1.59. The second-order valence-corrected chi connectivity index (χ2v) is 4.77. The quantitative estimate of drug-likeness (QED) is 0.834. The Morgan fingerprint density at radius 2 is 2.05 bits per heavy atom. The van der Waals surface area contributed by atoms with Gasteiger partial charge in [-0.25, -0.2) is 0 Å². The highest BCUT2D eigenvalue weighted by Crippen LogP contribution is 2.12. The van der Waals surface area contributed by atoms with Crippen molar-refractivity contribution >= 4 is 5.91 Å². The zero-order chi connectivity index (χ0) is 13.7. The molecule has 2 rings (SSSR count). The molecule has 0 bridgehead atoms. The number of carbonyl (C=O) groups is 1. The van der Waals surface area contributed by atoms with Crippen molar-refractivity contribution in [1.29, 1.82) is 0 Å². The number of carbonyl (C=O) groups excluding carboxylic acids is 1. The Morgan fingerprint density at radius 3 is 2.79 bits per heavy atom. The molecule has 0 radical (unpaired) electrons. The van der Waals surface area contributed by atoms with E-state index in [-0.39, 0.29) is 11.7 Å². The number of nitrogens with two attached hydrogens (primary N) is 1. The summed E-state index contributed by atoms with van der Waals surface area (Å²) in [6.45, 7) is 2.61. The van der Waals surface area contributed by atoms with Crippen LogP contribution in [0, 0.1) is 0 Å². The minimum absolute atomic E-state index is 0.0291. The van der Waals surface area contributed by atoms with Crippen LogP contribution in [0.1, 0.15) is 12.0 Å². The van der Waals surface area contributed by atoms with E-state index in [0.717, 1.165) is 12.0 Å². The van der Waals surface area contributed by atoms with Gasteiger partial charge in [0.1, 0.15) is 5.75 Å². The number of hydrogen-bond acceptors (Lipinski definition) is 4. The van der Waals surface area contributed by atoms with Crippen LogP contribution in [0.25, 0.3) is 0 Å². The van der Waals surface area contributed by atoms with Gasteiger partial charge in [-0.3, -0.25) is 4.79 Å². The molecule has 0 saturated carbocycles. The molecule has 1 aliphatic rings. The smallest absolute Gasteiger partial charge is 0.239 e. The molecule has 1 aliphatic heterocycles. The van der Waals surface area contributed by atoms with Gasteiger partial charge in [0.25, 0.3) is 0 Å². The van der Waals surface area contributed by atoms with Crippen molar-refractivity contribution in [2.24, 2.45) is 5.73 Å². The molecule has 5 nitrogen and oxygen atoms in total. The van der Waals surface area contributed by atoms with Crippen molar-refractivity contribution in [1.82, 2.24) is 4.90 Å². The summed E-state index contributed by atoms with van der Waals surface area (Å²) >= 11 is 0. The maximum Gasteiger partial charge on any atom is 0.239 e. The summed E-state index contributed by atoms with van der Waals surface area (Å²) in [5.74, 6) is 0.187. The van der Waals surface area contributed by atoms with Gasteiger partial charge in [-0.2, -0.15) is 0 Å². The van der Waals surface area contributed by atoms with Crippen LogP contribution < -0.4 is 5.73 Å². The molecule has 1 saturated heterocycles. The molecule has 1 heterocycles. The van der Waals surface area contributed by atoms with E-state index in [1.165, 1.54) is 0 Å². The van der Waals surface area contributed by atoms with Crippen molar-refractivity contribution in [2.45, 2.75) is 18.9 Å². The number of hydrogen-bond donors (Lipinski definition) is 2. The molecule has 3 N–H and O–H groups in total. The number of ether oxygens (including phenoxy) is 1. The third-order valence-electron chi connectivity index (χ3n) is 3.24. The number of amides is 1. The first-order valence-electron chi connectivity index (χ1n) is 6.57. The molecule has 1 atom stereocenters. The van der Waals surface area contributed by atoms with E-state index >= 15 is 0 Å². The van der Waals surface area contributed by atoms with E-state index in [1.54, 1.807) is 29.2 Å². The van der Waals surface area contributed by atoms with Crippen molar-refractivity contribution < 1.29 is 14.6 Å². The van der Waals surface area contributed by atoms with Crippen LogP contribution in [-0.4, -0.2) is 48.3 Å². The lowest BCUT2D eigenvalue weighted by atomic mass is 10.1. The van der Waals surface area contributed by atoms with Crippen LogP contribution in [-0.2, 0) is 16.0 Å². The van der Waals surface area contributed by atoms with Gasteiger partial charge >= 0.3 is 0 Å². The summed E-state index contributed by atoms with van der Waals surface area (Å²) in [7, 11) is 0. The summed E-state index contributed by atoms with van der Waals surface area (Å²) < 4.78 is 5.32. The van der Waals surface area contributed by atoms with E-state index in [1.807, 2.05) is 0 Å². The standard InChI is InChI=1S/C14H20N2O3/c15-13(10-11-2-4-12(17)5-3-11)14(18)16-6-1-8-19-9-7-16/h2-5,13,17H,1,6-10,15H2/t13-/m1/s1. The van der Waals surface area contributed by atoms with Gasteiger partial charge < -0.3 is 20.5 Å². The highest BCUT2D eigenvalue weighted by Gasteiger charge is 2.22. The third kappa shape index (κ3) is 3.94. The normalized spacial score (nSPS) is 17.8. The zero-order valence-electron chi connectivity index (χ0n) is 10.9. The Balaban J connectivity index is 1.92. The first-order valence-corrected chi connectivity index (χ1v) is 6.57. The molecule has 1 fully saturated rings. The molecule has 0 aromatic heterocycles. The maximum atomic E-state index is 12.2. The highest BCUT2D eigenvalue weighted by atomic mass is 16.5. The number of phenols is 1. The molecule has 0 unspecified atom stereocenters. The first-order chi connectivity index (χ1) is 9.16. The lowest BCUT2D eigenvalue weighted by Gasteiger charge is -2.23. The molecule has 0 spiro atoms. The van der Waals surface area contributed by atoms with E-state index in [2.05, 4.69) is 0 Å². The fourth-order valence-corrected chi connectivity index (χ4v) is 2.17. The molecule has 104 valence electrons. The minimum atomic E-state index is -0.539. The van der Waals surface area contributed by atoms with Gasteiger partial charge in [0.15, 0.2) is 0 Å². The molecule has 5 heteroatoms. The zero-order valence-corrected chi connectivity index (χ0v) is 10.9. The fourth-order valence-electron chi connectivity index (χ4n) is 2.17. The predicted molar refractivity (Wildman–Crippen MR) is 71.8 cm³/mol. The monoisotopic (exact) mass is 264 g/mol. The predicted octanol–water partition coefficient (Wildman–Crippen LogP) is 0.511. The van der Waals surface area contributed by atoms with Crippen LogP contribution in [0.15, 0.2) is 24.3 Å². The molecular formula is C14H20N2O3. The Bertz CT molecular complexity index is 411. The fraction of sp³-hybridized carbons (Fsp3) is 0.500. The van der Waals surface area contributed by atoms with Crippen molar-refractivity contribution in [3.05, 3.63) is 29.8 Å². The van der Waals surface area contributed by atoms with Crippen LogP contribution in [0.3, 0.4) is 0 Å². The van der Waals surface area contributed by atoms with E-state index in [9.17, 15) is 9.90 Å². The number of rotatable bonds is 3. The maximum absolute atomic E-state index is 12.2. The van der Waals surface area contributed by atoms with Crippen LogP contribution in [0.5, 0.6) is 5.75 Å². The van der Waals surface area contributed by atoms with E-state index < -0.39 is 6.04 Å². The number of aromatic hydroxyl groups is 1. The van der Waals surface area contributed by atoms with Crippen molar-refractivity contribution in [3.63, 3.8) is 0 Å². The van der Waals surface area contributed by atoms with Crippen LogP contribution >= 0.6 is 0 Å². The van der Waals surface area contributed by atoms with E-state index in [0.29, 0.717) is 32.7 Å². The number of benzene rings is 1. The average Bonchev–Trinajstić information content (AvgIpc) is 2.69. The van der Waals surface area contributed by atoms with Gasteiger partial charge in [-0.1, -0.05) is 12.1 Å². The van der Waals surface area contributed by atoms with Gasteiger partial charge in [0.05, 0.1) is 12.6 Å². The first kappa shape index (κ1) is 13.8. The lowest BCUT2D eigenvalue weighted by molar-refractivity contribution is -0.132. The Morgan fingerprint density at radius 1 is 1.32 bits per heavy atom. The highest BCUT2D eigenvalue weighted by molar-refractivity contribution is 5.82. The average molecular weight is 264 g/mol. The summed E-state index contributed by atoms with van der Waals surface area (Å²) in [4.78, 5) is 14.0. The number of phenolic OH excluding ortho intramolecular Hbond substituents is 1. The molecule has 0 aliphatic carbocycles. The second kappa shape index (κ2) is 6.54.